The second kappa shape index (κ2) is 12.0. The van der Waals surface area contributed by atoms with E-state index < -0.39 is 0 Å². The number of carbonyl (C=O) groups excluding carboxylic acids is 1. The summed E-state index contributed by atoms with van der Waals surface area (Å²) in [7, 11) is 3.30. The molecule has 1 aromatic heterocycles. The first-order valence-corrected chi connectivity index (χ1v) is 12.6. The number of ether oxygens (including phenoxy) is 2. The molecule has 3 aromatic rings. The van der Waals surface area contributed by atoms with E-state index in [1.807, 2.05) is 48.5 Å². The molecule has 2 aromatic carbocycles. The molecule has 1 aliphatic rings. The van der Waals surface area contributed by atoms with Crippen molar-refractivity contribution >= 4 is 5.91 Å². The fraction of sp³-hybridized carbons (Fsp3) is 0.464. The molecule has 1 unspecified atom stereocenters. The lowest BCUT2D eigenvalue weighted by Crippen LogP contribution is -2.41. The maximum absolute atomic E-state index is 13.2. The van der Waals surface area contributed by atoms with Crippen LogP contribution >= 0.6 is 0 Å². The van der Waals surface area contributed by atoms with Crippen molar-refractivity contribution in [2.45, 2.75) is 45.7 Å². The molecule has 4 rings (SSSR count). The Morgan fingerprint density at radius 2 is 1.64 bits per heavy atom. The van der Waals surface area contributed by atoms with E-state index in [4.69, 9.17) is 14.0 Å². The average molecular weight is 493 g/mol. The van der Waals surface area contributed by atoms with Crippen molar-refractivity contribution < 1.29 is 18.8 Å². The molecule has 1 aliphatic heterocycles. The van der Waals surface area contributed by atoms with Crippen LogP contribution in [0.25, 0.3) is 11.4 Å². The SMILES string of the molecule is COc1ccc(-c2noc(CN3CCC(C(=O)NC(CC(C)C)c4ccc(OC)cc4)CC3)n2)cc1. The van der Waals surface area contributed by atoms with E-state index in [0.29, 0.717) is 24.2 Å². The Morgan fingerprint density at radius 1 is 1.03 bits per heavy atom. The number of likely N-dealkylation sites (tertiary alicyclic amines) is 1. The predicted molar refractivity (Wildman–Crippen MR) is 138 cm³/mol. The lowest BCUT2D eigenvalue weighted by atomic mass is 9.93. The summed E-state index contributed by atoms with van der Waals surface area (Å²) in [5, 5.41) is 7.44. The molecule has 2 heterocycles. The number of carbonyl (C=O) groups is 1. The van der Waals surface area contributed by atoms with Crippen LogP contribution in [0.3, 0.4) is 0 Å². The van der Waals surface area contributed by atoms with E-state index in [0.717, 1.165) is 55.0 Å². The van der Waals surface area contributed by atoms with Gasteiger partial charge in [-0.1, -0.05) is 31.1 Å². The minimum Gasteiger partial charge on any atom is -0.497 e. The minimum atomic E-state index is -0.00351. The normalized spacial score (nSPS) is 15.6. The zero-order valence-electron chi connectivity index (χ0n) is 21.6. The molecule has 1 amide bonds. The number of methoxy groups -OCH3 is 2. The van der Waals surface area contributed by atoms with Gasteiger partial charge in [0.2, 0.25) is 17.6 Å². The van der Waals surface area contributed by atoms with Gasteiger partial charge in [-0.3, -0.25) is 9.69 Å². The second-order valence-corrected chi connectivity index (χ2v) is 9.75. The number of piperidine rings is 1. The van der Waals surface area contributed by atoms with Crippen molar-refractivity contribution in [2.75, 3.05) is 27.3 Å². The second-order valence-electron chi connectivity index (χ2n) is 9.75. The highest BCUT2D eigenvalue weighted by Crippen LogP contribution is 2.26. The topological polar surface area (TPSA) is 89.7 Å². The number of aromatic nitrogens is 2. The summed E-state index contributed by atoms with van der Waals surface area (Å²) in [6.07, 6.45) is 2.51. The van der Waals surface area contributed by atoms with Crippen LogP contribution in [0.4, 0.5) is 0 Å². The first-order valence-electron chi connectivity index (χ1n) is 12.6. The molecule has 0 radical (unpaired) electrons. The number of amides is 1. The number of hydrogen-bond donors (Lipinski definition) is 1. The molecule has 0 saturated carbocycles. The Bertz CT molecular complexity index is 1100. The van der Waals surface area contributed by atoms with E-state index in [1.165, 1.54) is 0 Å². The summed E-state index contributed by atoms with van der Waals surface area (Å²) in [4.78, 5) is 20.0. The minimum absolute atomic E-state index is 0.00351. The van der Waals surface area contributed by atoms with Gasteiger partial charge in [0.05, 0.1) is 26.8 Å². The summed E-state index contributed by atoms with van der Waals surface area (Å²) >= 11 is 0. The van der Waals surface area contributed by atoms with Gasteiger partial charge in [-0.2, -0.15) is 4.98 Å². The molecule has 8 heteroatoms. The van der Waals surface area contributed by atoms with Crippen LogP contribution in [0.5, 0.6) is 11.5 Å². The van der Waals surface area contributed by atoms with Crippen LogP contribution in [0, 0.1) is 11.8 Å². The summed E-state index contributed by atoms with van der Waals surface area (Å²) in [5.41, 5.74) is 1.99. The molecule has 0 aliphatic carbocycles. The van der Waals surface area contributed by atoms with E-state index in [1.54, 1.807) is 14.2 Å². The molecule has 1 atom stereocenters. The maximum Gasteiger partial charge on any atom is 0.241 e. The van der Waals surface area contributed by atoms with Crippen molar-refractivity contribution in [2.24, 2.45) is 11.8 Å². The van der Waals surface area contributed by atoms with Crippen LogP contribution in [-0.4, -0.2) is 48.3 Å². The first-order chi connectivity index (χ1) is 17.4. The van der Waals surface area contributed by atoms with Crippen molar-refractivity contribution in [3.63, 3.8) is 0 Å². The molecular weight excluding hydrogens is 456 g/mol. The van der Waals surface area contributed by atoms with Crippen LogP contribution in [0.1, 0.15) is 50.6 Å². The molecule has 192 valence electrons. The monoisotopic (exact) mass is 492 g/mol. The van der Waals surface area contributed by atoms with Crippen LogP contribution in [0.2, 0.25) is 0 Å². The highest BCUT2D eigenvalue weighted by Gasteiger charge is 2.28. The van der Waals surface area contributed by atoms with Gasteiger partial charge in [0, 0.05) is 11.5 Å². The van der Waals surface area contributed by atoms with Gasteiger partial charge in [-0.15, -0.1) is 0 Å². The molecule has 1 saturated heterocycles. The maximum atomic E-state index is 13.2. The van der Waals surface area contributed by atoms with E-state index >= 15 is 0 Å². The van der Waals surface area contributed by atoms with Crippen molar-refractivity contribution in [3.8, 4) is 22.9 Å². The highest BCUT2D eigenvalue weighted by molar-refractivity contribution is 5.79. The van der Waals surface area contributed by atoms with Crippen molar-refractivity contribution in [1.82, 2.24) is 20.4 Å². The third-order valence-electron chi connectivity index (χ3n) is 6.68. The standard InChI is InChI=1S/C28H36N4O4/c1-19(2)17-25(20-5-9-23(34-3)10-6-20)29-28(33)22-13-15-32(16-14-22)18-26-30-27(31-36-26)21-7-11-24(35-4)12-8-21/h5-12,19,22,25H,13-18H2,1-4H3,(H,29,33). The molecule has 0 bridgehead atoms. The van der Waals surface area contributed by atoms with Crippen molar-refractivity contribution in [3.05, 3.63) is 60.0 Å². The van der Waals surface area contributed by atoms with Gasteiger partial charge in [0.15, 0.2) is 0 Å². The van der Waals surface area contributed by atoms with E-state index in [2.05, 4.69) is 34.2 Å². The number of nitrogens with zero attached hydrogens (tertiary/aromatic N) is 3. The van der Waals surface area contributed by atoms with E-state index in [-0.39, 0.29) is 17.9 Å². The third-order valence-corrected chi connectivity index (χ3v) is 6.68. The molecule has 1 N–H and O–H groups in total. The average Bonchev–Trinajstić information content (AvgIpc) is 3.37. The van der Waals surface area contributed by atoms with Crippen molar-refractivity contribution in [1.29, 1.82) is 0 Å². The summed E-state index contributed by atoms with van der Waals surface area (Å²) in [5.74, 6) is 3.36. The fourth-order valence-corrected chi connectivity index (χ4v) is 4.60. The van der Waals surface area contributed by atoms with Gasteiger partial charge in [0.1, 0.15) is 11.5 Å². The largest absolute Gasteiger partial charge is 0.497 e. The van der Waals surface area contributed by atoms with Gasteiger partial charge < -0.3 is 19.3 Å². The van der Waals surface area contributed by atoms with Crippen LogP contribution in [0.15, 0.2) is 53.1 Å². The van der Waals surface area contributed by atoms with E-state index in [9.17, 15) is 4.79 Å². The number of benzene rings is 2. The Morgan fingerprint density at radius 3 is 2.22 bits per heavy atom. The van der Waals surface area contributed by atoms with Gasteiger partial charge in [-0.25, -0.2) is 0 Å². The molecule has 0 spiro atoms. The number of hydrogen-bond acceptors (Lipinski definition) is 7. The fourth-order valence-electron chi connectivity index (χ4n) is 4.60. The Labute approximate surface area is 213 Å². The lowest BCUT2D eigenvalue weighted by molar-refractivity contribution is -0.127. The first kappa shape index (κ1) is 25.7. The molecule has 36 heavy (non-hydrogen) atoms. The Kier molecular flexibility index (Phi) is 8.59. The van der Waals surface area contributed by atoms with Crippen LogP contribution in [-0.2, 0) is 11.3 Å². The summed E-state index contributed by atoms with van der Waals surface area (Å²) in [6, 6.07) is 15.6. The molecule has 8 nitrogen and oxygen atoms in total. The van der Waals surface area contributed by atoms with Gasteiger partial charge in [-0.05, 0) is 80.2 Å². The lowest BCUT2D eigenvalue weighted by Gasteiger charge is -2.31. The molecule has 1 fully saturated rings. The number of rotatable bonds is 10. The van der Waals surface area contributed by atoms with Crippen LogP contribution < -0.4 is 14.8 Å². The Hall–Kier alpha value is -3.39. The summed E-state index contributed by atoms with van der Waals surface area (Å²) in [6.45, 7) is 6.57. The highest BCUT2D eigenvalue weighted by atomic mass is 16.5. The smallest absolute Gasteiger partial charge is 0.241 e. The quantitative estimate of drug-likeness (QED) is 0.432. The predicted octanol–water partition coefficient (Wildman–Crippen LogP) is 4.87. The third kappa shape index (κ3) is 6.63. The zero-order valence-corrected chi connectivity index (χ0v) is 21.6. The summed E-state index contributed by atoms with van der Waals surface area (Å²) < 4.78 is 16.0. The molecular formula is C28H36N4O4. The van der Waals surface area contributed by atoms with Gasteiger partial charge >= 0.3 is 0 Å². The van der Waals surface area contributed by atoms with Gasteiger partial charge in [0.25, 0.3) is 0 Å². The zero-order chi connectivity index (χ0) is 25.5. The number of nitrogens with one attached hydrogen (secondary N) is 1. The Balaban J connectivity index is 1.29.